The molecule has 0 spiro atoms. The van der Waals surface area contributed by atoms with E-state index < -0.39 is 6.04 Å². The van der Waals surface area contributed by atoms with Crippen molar-refractivity contribution >= 4 is 11.9 Å². The molecule has 258 valence electrons. The number of hydrogen-bond donors (Lipinski definition) is 2. The summed E-state index contributed by atoms with van der Waals surface area (Å²) in [7, 11) is 2.18. The van der Waals surface area contributed by atoms with E-state index in [1.807, 2.05) is 35.2 Å². The van der Waals surface area contributed by atoms with Crippen molar-refractivity contribution in [2.45, 2.75) is 76.9 Å². The molecule has 11 nitrogen and oxygen atoms in total. The predicted octanol–water partition coefficient (Wildman–Crippen LogP) is 3.56. The first-order valence-corrected chi connectivity index (χ1v) is 17.9. The van der Waals surface area contributed by atoms with Crippen molar-refractivity contribution in [1.82, 2.24) is 39.7 Å². The second kappa shape index (κ2) is 15.5. The number of urea groups is 1. The fourth-order valence-corrected chi connectivity index (χ4v) is 7.64. The lowest BCUT2D eigenvalue weighted by Crippen LogP contribution is -2.57. The number of rotatable bonds is 9. The van der Waals surface area contributed by atoms with Crippen LogP contribution in [0.25, 0.3) is 11.4 Å². The predicted molar refractivity (Wildman–Crippen MR) is 188 cm³/mol. The molecule has 0 radical (unpaired) electrons. The van der Waals surface area contributed by atoms with Gasteiger partial charge in [0.25, 0.3) is 0 Å². The van der Waals surface area contributed by atoms with Gasteiger partial charge in [0, 0.05) is 70.4 Å². The average Bonchev–Trinajstić information content (AvgIpc) is 3.53. The lowest BCUT2D eigenvalue weighted by atomic mass is 9.95. The molecule has 3 amide bonds. The zero-order valence-corrected chi connectivity index (χ0v) is 28.9. The minimum Gasteiger partial charge on any atom is -0.341 e. The van der Waals surface area contributed by atoms with Gasteiger partial charge in [-0.25, -0.2) is 14.3 Å². The van der Waals surface area contributed by atoms with Gasteiger partial charge in [-0.3, -0.25) is 14.7 Å². The van der Waals surface area contributed by atoms with E-state index in [-0.39, 0.29) is 23.7 Å². The van der Waals surface area contributed by atoms with Crippen molar-refractivity contribution in [3.8, 4) is 11.4 Å². The molecule has 0 bridgehead atoms. The Morgan fingerprint density at radius 1 is 0.833 bits per heavy atom. The molecule has 2 N–H and O–H groups in total. The quantitative estimate of drug-likeness (QED) is 0.365. The summed E-state index contributed by atoms with van der Waals surface area (Å²) < 4.78 is 1.53. The number of carbonyl (C=O) groups excluding carboxylic acids is 2. The first-order chi connectivity index (χ1) is 23.3. The molecule has 1 aromatic heterocycles. The highest BCUT2D eigenvalue weighted by molar-refractivity contribution is 5.87. The van der Waals surface area contributed by atoms with Crippen LogP contribution in [0, 0.1) is 0 Å². The maximum Gasteiger partial charge on any atom is 0.343 e. The van der Waals surface area contributed by atoms with Gasteiger partial charge < -0.3 is 20.0 Å². The Bertz CT molecular complexity index is 1580. The van der Waals surface area contributed by atoms with Crippen molar-refractivity contribution in [3.63, 3.8) is 0 Å². The molecule has 3 fully saturated rings. The second-order valence-corrected chi connectivity index (χ2v) is 13.7. The van der Waals surface area contributed by atoms with Crippen molar-refractivity contribution < 1.29 is 9.59 Å². The van der Waals surface area contributed by atoms with Crippen molar-refractivity contribution in [1.29, 1.82) is 0 Å². The van der Waals surface area contributed by atoms with Crippen molar-refractivity contribution in [3.05, 3.63) is 75.7 Å². The minimum absolute atomic E-state index is 0.00389. The first-order valence-electron chi connectivity index (χ1n) is 17.9. The smallest absolute Gasteiger partial charge is 0.341 e. The number of H-pyrrole nitrogens is 1. The number of likely N-dealkylation sites (tertiary alicyclic amines) is 2. The molecule has 0 aliphatic carbocycles. The molecule has 1 atom stereocenters. The summed E-state index contributed by atoms with van der Waals surface area (Å²) in [5.41, 5.74) is 4.32. The summed E-state index contributed by atoms with van der Waals surface area (Å²) in [6.07, 6.45) is 5.52. The number of hydrogen-bond acceptors (Lipinski definition) is 6. The Morgan fingerprint density at radius 3 is 2.15 bits per heavy atom. The van der Waals surface area contributed by atoms with Crippen LogP contribution in [-0.4, -0.2) is 118 Å². The maximum absolute atomic E-state index is 14.1. The number of piperidine rings is 2. The molecule has 3 saturated heterocycles. The lowest BCUT2D eigenvalue weighted by Gasteiger charge is -2.42. The van der Waals surface area contributed by atoms with Gasteiger partial charge >= 0.3 is 11.7 Å². The van der Waals surface area contributed by atoms with E-state index in [1.165, 1.54) is 15.8 Å². The minimum atomic E-state index is -0.644. The molecule has 11 heteroatoms. The van der Waals surface area contributed by atoms with E-state index in [0.29, 0.717) is 57.3 Å². The van der Waals surface area contributed by atoms with Crippen LogP contribution >= 0.6 is 0 Å². The van der Waals surface area contributed by atoms with Gasteiger partial charge in [-0.2, -0.15) is 0 Å². The van der Waals surface area contributed by atoms with Crippen LogP contribution in [0.1, 0.15) is 62.3 Å². The third kappa shape index (κ3) is 7.84. The molecule has 3 aliphatic heterocycles. The number of amides is 3. The summed E-state index contributed by atoms with van der Waals surface area (Å²) >= 11 is 0. The van der Waals surface area contributed by atoms with Crippen LogP contribution in [0.3, 0.4) is 0 Å². The number of piperazine rings is 1. The van der Waals surface area contributed by atoms with Crippen LogP contribution in [0.5, 0.6) is 0 Å². The first kappa shape index (κ1) is 33.9. The van der Waals surface area contributed by atoms with E-state index >= 15 is 0 Å². The van der Waals surface area contributed by atoms with Gasteiger partial charge in [0.2, 0.25) is 5.91 Å². The van der Waals surface area contributed by atoms with E-state index in [4.69, 9.17) is 0 Å². The van der Waals surface area contributed by atoms with Crippen LogP contribution in [-0.2, 0) is 24.1 Å². The van der Waals surface area contributed by atoms with Gasteiger partial charge in [-0.15, -0.1) is 5.10 Å². The highest BCUT2D eigenvalue weighted by atomic mass is 16.2. The summed E-state index contributed by atoms with van der Waals surface area (Å²) in [5.74, 6) is 0.553. The van der Waals surface area contributed by atoms with Crippen molar-refractivity contribution in [2.24, 2.45) is 0 Å². The largest absolute Gasteiger partial charge is 0.343 e. The highest BCUT2D eigenvalue weighted by Gasteiger charge is 2.34. The highest BCUT2D eigenvalue weighted by Crippen LogP contribution is 2.24. The zero-order valence-electron chi connectivity index (χ0n) is 28.9. The average molecular weight is 657 g/mol. The summed E-state index contributed by atoms with van der Waals surface area (Å²) in [6, 6.07) is 15.6. The van der Waals surface area contributed by atoms with Crippen LogP contribution in [0.2, 0.25) is 0 Å². The Kier molecular flexibility index (Phi) is 11.0. The molecule has 0 unspecified atom stereocenters. The summed E-state index contributed by atoms with van der Waals surface area (Å²) in [5, 5.41) is 7.74. The topological polar surface area (TPSA) is 110 Å². The van der Waals surface area contributed by atoms with Crippen molar-refractivity contribution in [2.75, 3.05) is 59.4 Å². The number of likely N-dealkylation sites (N-methyl/N-ethyl adjacent to an activating group) is 1. The molecule has 0 saturated carbocycles. The van der Waals surface area contributed by atoms with E-state index in [2.05, 4.69) is 64.3 Å². The Balaban J connectivity index is 1.11. The third-order valence-electron chi connectivity index (χ3n) is 10.7. The molecular weight excluding hydrogens is 604 g/mol. The summed E-state index contributed by atoms with van der Waals surface area (Å²) in [4.78, 5) is 52.3. The Hall–Kier alpha value is -3.96. The van der Waals surface area contributed by atoms with Crippen LogP contribution < -0.4 is 11.0 Å². The molecule has 3 aromatic rings. The maximum atomic E-state index is 14.1. The number of nitrogens with one attached hydrogen (secondary N) is 2. The van der Waals surface area contributed by atoms with Crippen LogP contribution in [0.15, 0.2) is 53.3 Å². The summed E-state index contributed by atoms with van der Waals surface area (Å²) in [6.45, 7) is 11.1. The number of aryl methyl sites for hydroxylation is 2. The van der Waals surface area contributed by atoms with Crippen LogP contribution in [0.4, 0.5) is 4.79 Å². The molecule has 2 aromatic carbocycles. The molecule has 6 rings (SSSR count). The molecule has 3 aliphatic rings. The third-order valence-corrected chi connectivity index (χ3v) is 10.7. The Labute approximate surface area is 284 Å². The van der Waals surface area contributed by atoms with Gasteiger partial charge in [0.15, 0.2) is 5.82 Å². The zero-order chi connectivity index (χ0) is 33.6. The van der Waals surface area contributed by atoms with E-state index in [9.17, 15) is 14.4 Å². The lowest BCUT2D eigenvalue weighted by molar-refractivity contribution is -0.135. The molecular formula is C37H52N8O3. The van der Waals surface area contributed by atoms with E-state index in [0.717, 1.165) is 63.0 Å². The fourth-order valence-electron chi connectivity index (χ4n) is 7.64. The van der Waals surface area contributed by atoms with Gasteiger partial charge in [0.05, 0.1) is 6.04 Å². The Morgan fingerprint density at radius 2 is 1.48 bits per heavy atom. The second-order valence-electron chi connectivity index (χ2n) is 13.7. The van der Waals surface area contributed by atoms with Gasteiger partial charge in [-0.1, -0.05) is 62.4 Å². The number of benzene rings is 2. The van der Waals surface area contributed by atoms with Gasteiger partial charge in [-0.05, 0) is 62.3 Å². The molecule has 4 heterocycles. The number of nitrogens with zero attached hydrogens (tertiary/aromatic N) is 6. The van der Waals surface area contributed by atoms with Gasteiger partial charge in [0.1, 0.15) is 6.04 Å². The van der Waals surface area contributed by atoms with E-state index in [1.54, 1.807) is 4.90 Å². The monoisotopic (exact) mass is 656 g/mol. The SMILES string of the molecule is CCc1ccc(C[C@@H](NC(=O)N2CCC(n3nc(-c4ccccc4)[nH]c3=O)CC2)C(=O)N2CCC(N3CCN(C)CC3)CC2)cc1CC. The number of carbonyl (C=O) groups is 2. The number of aromatic nitrogens is 3. The molecule has 48 heavy (non-hydrogen) atoms. The normalized spacial score (nSPS) is 19.4. The standard InChI is InChI=1S/C37H52N8O3/c1-4-28-12-11-27(25-29(28)5-2)26-33(35(46)43-17-13-31(14-18-43)42-23-21-41(3)22-24-42)38-36(47)44-19-15-32(16-20-44)45-37(48)39-34(40-45)30-9-7-6-8-10-30/h6-12,25,31-33H,4-5,13-24,26H2,1-3H3,(H,38,47)(H,39,40,48)/t33-/m1/s1. The fraction of sp³-hybridized carbons (Fsp3) is 0.568. The number of aromatic amines is 1.